The van der Waals surface area contributed by atoms with Gasteiger partial charge in [0.2, 0.25) is 18.6 Å². The highest BCUT2D eigenvalue weighted by atomic mass is 16.7. The number of benzene rings is 1. The third-order valence-corrected chi connectivity index (χ3v) is 9.30. The summed E-state index contributed by atoms with van der Waals surface area (Å²) in [7, 11) is 0. The number of carbonyl (C=O) groups is 3. The Morgan fingerprint density at radius 1 is 0.974 bits per heavy atom. The number of hydrazone groups is 1. The number of carboxylic acid groups (broad SMARTS) is 1. The van der Waals surface area contributed by atoms with Crippen molar-refractivity contribution in [1.29, 1.82) is 0 Å². The molecule has 4 fully saturated rings. The third-order valence-electron chi connectivity index (χ3n) is 9.30. The van der Waals surface area contributed by atoms with Gasteiger partial charge in [0, 0.05) is 18.1 Å². The smallest absolute Gasteiger partial charge is 0.307 e. The topological polar surface area (TPSA) is 126 Å². The molecular weight excluding hydrogens is 486 g/mol. The number of fused-ring (bicyclic) bond motifs is 1. The maximum Gasteiger partial charge on any atom is 0.307 e. The van der Waals surface area contributed by atoms with Crippen LogP contribution in [-0.4, -0.2) is 35.4 Å². The lowest BCUT2D eigenvalue weighted by molar-refractivity contribution is -0.146. The number of nitrogens with zero attached hydrogens (tertiary/aromatic N) is 1. The molecule has 1 heterocycles. The van der Waals surface area contributed by atoms with Crippen LogP contribution in [0.15, 0.2) is 29.4 Å². The standard InChI is InChI=1S/C29H35N3O6/c1-16(31-32-26(33)14-29-11-17-6-18(12-29)8-19(7-17)13-29)22-9-24-25(38-15-37-24)10-23(22)30-27(34)20-4-2-3-5-21(20)28(35)36/h2-3,9-10,17-21H,4-8,11-15H2,1H3,(H,30,34)(H,32,33)(H,35,36)/b31-16-/t17?,18?,19?,20-,21+,29?/m0/s1. The average molecular weight is 522 g/mol. The minimum Gasteiger partial charge on any atom is -0.481 e. The van der Waals surface area contributed by atoms with E-state index < -0.39 is 17.8 Å². The number of nitrogens with one attached hydrogen (secondary N) is 2. The van der Waals surface area contributed by atoms with Gasteiger partial charge in [-0.25, -0.2) is 5.43 Å². The molecule has 0 spiro atoms. The molecule has 6 aliphatic rings. The first-order valence-corrected chi connectivity index (χ1v) is 13.7. The Kier molecular flexibility index (Phi) is 6.40. The molecule has 1 aromatic rings. The summed E-state index contributed by atoms with van der Waals surface area (Å²) in [6, 6.07) is 3.40. The number of carboxylic acids is 1. The van der Waals surface area contributed by atoms with Crippen molar-refractivity contribution in [3.05, 3.63) is 29.8 Å². The van der Waals surface area contributed by atoms with E-state index >= 15 is 0 Å². The predicted molar refractivity (Wildman–Crippen MR) is 140 cm³/mol. The van der Waals surface area contributed by atoms with Gasteiger partial charge in [0.05, 0.1) is 23.2 Å². The Bertz CT molecular complexity index is 1190. The van der Waals surface area contributed by atoms with Gasteiger partial charge in [-0.1, -0.05) is 12.2 Å². The molecular formula is C29H35N3O6. The van der Waals surface area contributed by atoms with E-state index in [2.05, 4.69) is 15.8 Å². The molecule has 3 N–H and O–H groups in total. The molecule has 0 aromatic heterocycles. The van der Waals surface area contributed by atoms with Crippen molar-refractivity contribution in [3.63, 3.8) is 0 Å². The average Bonchev–Trinajstić information content (AvgIpc) is 3.33. The third kappa shape index (κ3) is 4.78. The number of hydrogen-bond acceptors (Lipinski definition) is 6. The van der Waals surface area contributed by atoms with Gasteiger partial charge in [-0.15, -0.1) is 0 Å². The first-order valence-electron chi connectivity index (χ1n) is 13.7. The zero-order valence-corrected chi connectivity index (χ0v) is 21.7. The lowest BCUT2D eigenvalue weighted by atomic mass is 9.49. The van der Waals surface area contributed by atoms with Crippen LogP contribution in [0, 0.1) is 35.0 Å². The summed E-state index contributed by atoms with van der Waals surface area (Å²) < 4.78 is 11.0. The van der Waals surface area contributed by atoms with Crippen LogP contribution in [0.4, 0.5) is 5.69 Å². The van der Waals surface area contributed by atoms with Crippen LogP contribution >= 0.6 is 0 Å². The first kappa shape index (κ1) is 24.9. The quantitative estimate of drug-likeness (QED) is 0.276. The van der Waals surface area contributed by atoms with Crippen molar-refractivity contribution in [3.8, 4) is 11.5 Å². The fraction of sp³-hybridized carbons (Fsp3) is 0.586. The molecule has 2 amide bonds. The van der Waals surface area contributed by atoms with Crippen molar-refractivity contribution in [1.82, 2.24) is 5.43 Å². The molecule has 9 heteroatoms. The summed E-state index contributed by atoms with van der Waals surface area (Å²) in [6.07, 6.45) is 12.3. The fourth-order valence-electron chi connectivity index (χ4n) is 8.04. The largest absolute Gasteiger partial charge is 0.481 e. The minimum absolute atomic E-state index is 0.0681. The zero-order valence-electron chi connectivity index (χ0n) is 21.7. The van der Waals surface area contributed by atoms with Gasteiger partial charge in [0.15, 0.2) is 11.5 Å². The van der Waals surface area contributed by atoms with E-state index in [1.165, 1.54) is 19.3 Å². The number of ether oxygens (including phenoxy) is 2. The van der Waals surface area contributed by atoms with Gasteiger partial charge in [0.25, 0.3) is 0 Å². The maximum absolute atomic E-state index is 13.2. The molecule has 38 heavy (non-hydrogen) atoms. The van der Waals surface area contributed by atoms with Crippen molar-refractivity contribution in [2.75, 3.05) is 12.1 Å². The highest BCUT2D eigenvalue weighted by molar-refractivity contribution is 6.08. The van der Waals surface area contributed by atoms with Crippen LogP contribution in [0.3, 0.4) is 0 Å². The van der Waals surface area contributed by atoms with E-state index in [4.69, 9.17) is 9.47 Å². The molecule has 4 saturated carbocycles. The molecule has 0 unspecified atom stereocenters. The summed E-state index contributed by atoms with van der Waals surface area (Å²) >= 11 is 0. The predicted octanol–water partition coefficient (Wildman–Crippen LogP) is 4.47. The molecule has 4 bridgehead atoms. The fourth-order valence-corrected chi connectivity index (χ4v) is 8.04. The van der Waals surface area contributed by atoms with Crippen molar-refractivity contribution in [2.45, 2.75) is 64.7 Å². The molecule has 5 aliphatic carbocycles. The number of carbonyl (C=O) groups excluding carboxylic acids is 2. The molecule has 0 saturated heterocycles. The Morgan fingerprint density at radius 3 is 2.21 bits per heavy atom. The van der Waals surface area contributed by atoms with Crippen molar-refractivity contribution < 1.29 is 29.0 Å². The van der Waals surface area contributed by atoms with Crippen molar-refractivity contribution >= 4 is 29.2 Å². The summed E-state index contributed by atoms with van der Waals surface area (Å²) in [5.41, 5.74) is 4.42. The van der Waals surface area contributed by atoms with Crippen LogP contribution in [-0.2, 0) is 14.4 Å². The second kappa shape index (κ2) is 9.75. The molecule has 202 valence electrons. The van der Waals surface area contributed by atoms with Crippen LogP contribution in [0.25, 0.3) is 0 Å². The molecule has 1 aromatic carbocycles. The van der Waals surface area contributed by atoms with Crippen LogP contribution in [0.1, 0.15) is 70.3 Å². The van der Waals surface area contributed by atoms with Gasteiger partial charge >= 0.3 is 5.97 Å². The lowest BCUT2D eigenvalue weighted by Crippen LogP contribution is -2.47. The second-order valence-corrected chi connectivity index (χ2v) is 12.1. The molecule has 0 radical (unpaired) electrons. The number of rotatable bonds is 7. The Morgan fingerprint density at radius 2 is 1.58 bits per heavy atom. The number of allylic oxidation sites excluding steroid dienone is 2. The number of anilines is 1. The highest BCUT2D eigenvalue weighted by Gasteiger charge is 2.51. The van der Waals surface area contributed by atoms with Gasteiger partial charge in [-0.3, -0.25) is 14.4 Å². The van der Waals surface area contributed by atoms with E-state index in [0.717, 1.165) is 37.0 Å². The summed E-state index contributed by atoms with van der Waals surface area (Å²) in [6.45, 7) is 1.83. The van der Waals surface area contributed by atoms with Gasteiger partial charge in [-0.2, -0.15) is 5.10 Å². The Labute approximate surface area is 222 Å². The Hall–Kier alpha value is -3.36. The van der Waals surface area contributed by atoms with E-state index in [9.17, 15) is 19.5 Å². The monoisotopic (exact) mass is 521 g/mol. The molecule has 1 aliphatic heterocycles. The second-order valence-electron chi connectivity index (χ2n) is 12.1. The minimum atomic E-state index is -0.986. The Balaban J connectivity index is 1.18. The summed E-state index contributed by atoms with van der Waals surface area (Å²) in [5, 5.41) is 16.9. The van der Waals surface area contributed by atoms with Gasteiger partial charge in [-0.05, 0) is 87.5 Å². The van der Waals surface area contributed by atoms with Gasteiger partial charge < -0.3 is 19.9 Å². The van der Waals surface area contributed by atoms with E-state index in [1.54, 1.807) is 25.1 Å². The summed E-state index contributed by atoms with van der Waals surface area (Å²) in [4.78, 5) is 37.9. The maximum atomic E-state index is 13.2. The molecule has 2 atom stereocenters. The molecule has 7 rings (SSSR count). The van der Waals surface area contributed by atoms with Crippen molar-refractivity contribution in [2.24, 2.45) is 40.1 Å². The lowest BCUT2D eigenvalue weighted by Gasteiger charge is -2.56. The van der Waals surface area contributed by atoms with Crippen LogP contribution in [0.2, 0.25) is 0 Å². The van der Waals surface area contributed by atoms with Crippen LogP contribution < -0.4 is 20.2 Å². The van der Waals surface area contributed by atoms with E-state index in [-0.39, 0.29) is 24.0 Å². The number of amides is 2. The molecule has 9 nitrogen and oxygen atoms in total. The zero-order chi connectivity index (χ0) is 26.4. The number of hydrogen-bond donors (Lipinski definition) is 3. The number of aliphatic carboxylic acids is 1. The SMILES string of the molecule is C/C(=N/NC(=O)CC12CC3CC(CC(C3)C1)C2)c1cc2c(cc1NC(=O)[C@H]1CC=CC[C@H]1C(=O)O)OCO2. The van der Waals surface area contributed by atoms with E-state index in [1.807, 2.05) is 6.08 Å². The van der Waals surface area contributed by atoms with Crippen LogP contribution in [0.5, 0.6) is 11.5 Å². The summed E-state index contributed by atoms with van der Waals surface area (Å²) in [5.74, 6) is 0.441. The normalized spacial score (nSPS) is 32.8. The van der Waals surface area contributed by atoms with Gasteiger partial charge in [0.1, 0.15) is 0 Å². The highest BCUT2D eigenvalue weighted by Crippen LogP contribution is 2.61. The first-order chi connectivity index (χ1) is 18.3. The van der Waals surface area contributed by atoms with E-state index in [0.29, 0.717) is 47.7 Å².